The van der Waals surface area contributed by atoms with Gasteiger partial charge in [-0.3, -0.25) is 9.59 Å². The number of anilines is 1. The second-order valence-electron chi connectivity index (χ2n) is 7.23. The second-order valence-corrected chi connectivity index (χ2v) is 7.23. The summed E-state index contributed by atoms with van der Waals surface area (Å²) in [5.41, 5.74) is 3.49. The van der Waals surface area contributed by atoms with Crippen molar-refractivity contribution < 1.29 is 9.59 Å². The van der Waals surface area contributed by atoms with E-state index >= 15 is 0 Å². The number of benzene rings is 2. The van der Waals surface area contributed by atoms with Crippen LogP contribution in [0.4, 0.5) is 5.69 Å². The minimum Gasteiger partial charge on any atom is -0.335 e. The van der Waals surface area contributed by atoms with Crippen molar-refractivity contribution in [3.05, 3.63) is 77.4 Å². The van der Waals surface area contributed by atoms with E-state index in [4.69, 9.17) is 0 Å². The van der Waals surface area contributed by atoms with Crippen molar-refractivity contribution in [1.29, 1.82) is 0 Å². The number of allylic oxidation sites excluding steroid dienone is 1. The molecule has 2 amide bonds. The summed E-state index contributed by atoms with van der Waals surface area (Å²) in [6.45, 7) is 4.03. The summed E-state index contributed by atoms with van der Waals surface area (Å²) >= 11 is 0. The van der Waals surface area contributed by atoms with Gasteiger partial charge in [-0.25, -0.2) is 0 Å². The molecule has 140 valence electrons. The highest BCUT2D eigenvalue weighted by Gasteiger charge is 2.24. The van der Waals surface area contributed by atoms with Crippen molar-refractivity contribution in [2.75, 3.05) is 12.4 Å². The first-order valence-corrected chi connectivity index (χ1v) is 9.37. The topological polar surface area (TPSA) is 49.4 Å². The van der Waals surface area contributed by atoms with Crippen LogP contribution in [0.15, 0.2) is 66.2 Å². The van der Waals surface area contributed by atoms with Gasteiger partial charge in [0, 0.05) is 24.4 Å². The van der Waals surface area contributed by atoms with Gasteiger partial charge in [0.2, 0.25) is 5.91 Å². The fraction of sp³-hybridized carbons (Fsp3) is 0.304. The van der Waals surface area contributed by atoms with Gasteiger partial charge in [0.15, 0.2) is 0 Å². The summed E-state index contributed by atoms with van der Waals surface area (Å²) in [4.78, 5) is 26.6. The number of amides is 2. The average Bonchev–Trinajstić information content (AvgIpc) is 3.53. The molecule has 4 nitrogen and oxygen atoms in total. The molecular formula is C23H26N2O2. The summed E-state index contributed by atoms with van der Waals surface area (Å²) in [7, 11) is 1.82. The van der Waals surface area contributed by atoms with E-state index < -0.39 is 0 Å². The van der Waals surface area contributed by atoms with Crippen LogP contribution in [0.1, 0.15) is 48.7 Å². The van der Waals surface area contributed by atoms with Gasteiger partial charge in [0.05, 0.1) is 6.04 Å². The van der Waals surface area contributed by atoms with Gasteiger partial charge < -0.3 is 10.2 Å². The van der Waals surface area contributed by atoms with Crippen molar-refractivity contribution in [3.63, 3.8) is 0 Å². The molecule has 27 heavy (non-hydrogen) atoms. The smallest absolute Gasteiger partial charge is 0.255 e. The quantitative estimate of drug-likeness (QED) is 0.749. The zero-order chi connectivity index (χ0) is 19.4. The monoisotopic (exact) mass is 362 g/mol. The Balaban J connectivity index is 1.69. The Morgan fingerprint density at radius 2 is 1.81 bits per heavy atom. The molecule has 0 radical (unpaired) electrons. The lowest BCUT2D eigenvalue weighted by Gasteiger charge is -2.25. The molecule has 1 aliphatic carbocycles. The SMILES string of the molecule is C/C(=C/C(=O)N(C)[C@@H](C)c1cccc(NC(=O)c2ccccc2)c1)C1CC1. The summed E-state index contributed by atoms with van der Waals surface area (Å²) in [5.74, 6) is 0.465. The van der Waals surface area contributed by atoms with Crippen LogP contribution >= 0.6 is 0 Å². The van der Waals surface area contributed by atoms with Crippen LogP contribution in [0.25, 0.3) is 0 Å². The zero-order valence-electron chi connectivity index (χ0n) is 16.1. The average molecular weight is 362 g/mol. The van der Waals surface area contributed by atoms with E-state index in [0.717, 1.165) is 11.3 Å². The Labute approximate surface area is 160 Å². The number of rotatable bonds is 6. The Bertz CT molecular complexity index is 854. The normalized spacial score (nSPS) is 15.1. The lowest BCUT2D eigenvalue weighted by molar-refractivity contribution is -0.126. The van der Waals surface area contributed by atoms with E-state index in [1.165, 1.54) is 18.4 Å². The first kappa shape index (κ1) is 18.9. The standard InChI is InChI=1S/C23H26N2O2/c1-16(18-12-13-18)14-22(26)25(3)17(2)20-10-7-11-21(15-20)24-23(27)19-8-5-4-6-9-19/h4-11,14-15,17-18H,12-13H2,1-3H3,(H,24,27)/b16-14-/t17-/m0/s1. The van der Waals surface area contributed by atoms with E-state index in [-0.39, 0.29) is 17.9 Å². The van der Waals surface area contributed by atoms with E-state index in [9.17, 15) is 9.59 Å². The van der Waals surface area contributed by atoms with Crippen molar-refractivity contribution in [1.82, 2.24) is 4.90 Å². The van der Waals surface area contributed by atoms with Gasteiger partial charge in [-0.2, -0.15) is 0 Å². The largest absolute Gasteiger partial charge is 0.335 e. The van der Waals surface area contributed by atoms with Crippen molar-refractivity contribution in [2.24, 2.45) is 5.92 Å². The highest BCUT2D eigenvalue weighted by atomic mass is 16.2. The number of carbonyl (C=O) groups is 2. The van der Waals surface area contributed by atoms with Crippen LogP contribution in [-0.4, -0.2) is 23.8 Å². The molecule has 2 aromatic carbocycles. The van der Waals surface area contributed by atoms with Gasteiger partial charge >= 0.3 is 0 Å². The molecule has 1 saturated carbocycles. The third-order valence-electron chi connectivity index (χ3n) is 5.16. The molecule has 3 rings (SSSR count). The minimum atomic E-state index is -0.146. The summed E-state index contributed by atoms with van der Waals surface area (Å²) in [6.07, 6.45) is 4.14. The molecule has 0 bridgehead atoms. The molecule has 0 unspecified atom stereocenters. The zero-order valence-corrected chi connectivity index (χ0v) is 16.1. The Kier molecular flexibility index (Phi) is 5.75. The minimum absolute atomic E-state index is 0.0191. The number of nitrogens with one attached hydrogen (secondary N) is 1. The predicted octanol–water partition coefficient (Wildman–Crippen LogP) is 4.81. The fourth-order valence-corrected chi connectivity index (χ4v) is 3.04. The molecule has 4 heteroatoms. The molecule has 2 aromatic rings. The highest BCUT2D eigenvalue weighted by molar-refractivity contribution is 6.04. The van der Waals surface area contributed by atoms with Crippen LogP contribution in [0.5, 0.6) is 0 Å². The Morgan fingerprint density at radius 1 is 1.11 bits per heavy atom. The van der Waals surface area contributed by atoms with Crippen LogP contribution in [0.3, 0.4) is 0 Å². The van der Waals surface area contributed by atoms with Crippen molar-refractivity contribution in [3.8, 4) is 0 Å². The van der Waals surface area contributed by atoms with Crippen LogP contribution in [0, 0.1) is 5.92 Å². The molecule has 1 fully saturated rings. The van der Waals surface area contributed by atoms with Crippen LogP contribution < -0.4 is 5.32 Å². The fourth-order valence-electron chi connectivity index (χ4n) is 3.04. The molecule has 1 aliphatic rings. The molecule has 0 aliphatic heterocycles. The first-order valence-electron chi connectivity index (χ1n) is 9.37. The van der Waals surface area contributed by atoms with Crippen LogP contribution in [0.2, 0.25) is 0 Å². The third-order valence-corrected chi connectivity index (χ3v) is 5.16. The van der Waals surface area contributed by atoms with E-state index in [2.05, 4.69) is 5.32 Å². The number of hydrogen-bond acceptors (Lipinski definition) is 2. The Morgan fingerprint density at radius 3 is 2.48 bits per heavy atom. The maximum Gasteiger partial charge on any atom is 0.255 e. The Hall–Kier alpha value is -2.88. The molecule has 1 N–H and O–H groups in total. The van der Waals surface area contributed by atoms with Crippen LogP contribution in [-0.2, 0) is 4.79 Å². The van der Waals surface area contributed by atoms with E-state index in [1.54, 1.807) is 23.1 Å². The van der Waals surface area contributed by atoms with Gasteiger partial charge in [0.25, 0.3) is 5.91 Å². The second kappa shape index (κ2) is 8.21. The third kappa shape index (κ3) is 4.85. The maximum atomic E-state index is 12.5. The number of nitrogens with zero attached hydrogens (tertiary/aromatic N) is 1. The van der Waals surface area contributed by atoms with Gasteiger partial charge in [-0.15, -0.1) is 0 Å². The van der Waals surface area contributed by atoms with Gasteiger partial charge in [-0.1, -0.05) is 35.9 Å². The molecule has 0 spiro atoms. The van der Waals surface area contributed by atoms with Crippen molar-refractivity contribution >= 4 is 17.5 Å². The van der Waals surface area contributed by atoms with Gasteiger partial charge in [-0.05, 0) is 62.4 Å². The maximum absolute atomic E-state index is 12.5. The lowest BCUT2D eigenvalue weighted by Crippen LogP contribution is -2.28. The van der Waals surface area contributed by atoms with Crippen molar-refractivity contribution in [2.45, 2.75) is 32.7 Å². The summed E-state index contributed by atoms with van der Waals surface area (Å²) < 4.78 is 0. The number of hydrogen-bond donors (Lipinski definition) is 1. The first-order chi connectivity index (χ1) is 13.0. The predicted molar refractivity (Wildman–Crippen MR) is 109 cm³/mol. The number of carbonyl (C=O) groups excluding carboxylic acids is 2. The number of likely N-dealkylation sites (N-methyl/N-ethyl adjacent to an activating group) is 1. The molecular weight excluding hydrogens is 336 g/mol. The summed E-state index contributed by atoms with van der Waals surface area (Å²) in [6, 6.07) is 16.7. The molecule has 0 heterocycles. The van der Waals surface area contributed by atoms with Gasteiger partial charge in [0.1, 0.15) is 0 Å². The lowest BCUT2D eigenvalue weighted by atomic mass is 10.1. The molecule has 0 aromatic heterocycles. The highest BCUT2D eigenvalue weighted by Crippen LogP contribution is 2.36. The summed E-state index contributed by atoms with van der Waals surface area (Å²) in [5, 5.41) is 2.92. The van der Waals surface area contributed by atoms with E-state index in [0.29, 0.717) is 11.5 Å². The van der Waals surface area contributed by atoms with E-state index in [1.807, 2.05) is 63.4 Å². The molecule has 0 saturated heterocycles. The molecule has 1 atom stereocenters.